The van der Waals surface area contributed by atoms with Gasteiger partial charge in [0.05, 0.1) is 29.7 Å². The fourth-order valence-corrected chi connectivity index (χ4v) is 4.42. The third kappa shape index (κ3) is 6.83. The van der Waals surface area contributed by atoms with Crippen LogP contribution < -0.4 is 14.9 Å². The van der Waals surface area contributed by atoms with Gasteiger partial charge in [0.25, 0.3) is 11.8 Å². The quantitative estimate of drug-likeness (QED) is 0.416. The van der Waals surface area contributed by atoms with Crippen molar-refractivity contribution in [1.82, 2.24) is 5.32 Å². The monoisotopic (exact) mass is 513 g/mol. The van der Waals surface area contributed by atoms with Crippen LogP contribution in [-0.2, 0) is 16.6 Å². The number of nitrogens with one attached hydrogen (secondary N) is 2. The Morgan fingerprint density at radius 1 is 0.943 bits per heavy atom. The van der Waals surface area contributed by atoms with E-state index in [1.165, 1.54) is 16.4 Å². The number of hydrogen-bond donors (Lipinski definition) is 2. The highest BCUT2D eigenvalue weighted by Crippen LogP contribution is 2.25. The molecule has 2 N–H and O–H groups in total. The van der Waals surface area contributed by atoms with Gasteiger partial charge in [-0.3, -0.25) is 13.9 Å². The lowest BCUT2D eigenvalue weighted by Crippen LogP contribution is -2.32. The molecule has 0 saturated carbocycles. The smallest absolute Gasteiger partial charge is 0.255 e. The van der Waals surface area contributed by atoms with Crippen molar-refractivity contribution < 1.29 is 18.0 Å². The highest BCUT2D eigenvalue weighted by Gasteiger charge is 2.20. The van der Waals surface area contributed by atoms with Crippen LogP contribution in [0.3, 0.4) is 0 Å². The Hall–Kier alpha value is -3.36. The Morgan fingerprint density at radius 2 is 1.57 bits per heavy atom. The van der Waals surface area contributed by atoms with Crippen molar-refractivity contribution in [3.8, 4) is 0 Å². The first kappa shape index (κ1) is 26.2. The van der Waals surface area contributed by atoms with Crippen LogP contribution in [-0.4, -0.2) is 32.5 Å². The van der Waals surface area contributed by atoms with Gasteiger partial charge in [-0.1, -0.05) is 48.9 Å². The average molecular weight is 514 g/mol. The molecule has 35 heavy (non-hydrogen) atoms. The number of hydrogen-bond acceptors (Lipinski definition) is 4. The molecule has 0 aliphatic heterocycles. The summed E-state index contributed by atoms with van der Waals surface area (Å²) in [6.45, 7) is 3.94. The maximum absolute atomic E-state index is 12.9. The zero-order chi connectivity index (χ0) is 25.6. The van der Waals surface area contributed by atoms with Crippen molar-refractivity contribution in [2.75, 3.05) is 15.9 Å². The summed E-state index contributed by atoms with van der Waals surface area (Å²) in [7, 11) is -3.61. The maximum atomic E-state index is 12.9. The molecule has 3 rings (SSSR count). The lowest BCUT2D eigenvalue weighted by atomic mass is 10.1. The molecule has 0 spiro atoms. The number of rotatable bonds is 9. The molecule has 9 heteroatoms. The van der Waals surface area contributed by atoms with Crippen LogP contribution in [0, 0.1) is 0 Å². The fraction of sp³-hybridized carbons (Fsp3) is 0.231. The fourth-order valence-electron chi connectivity index (χ4n) is 3.35. The number of carbonyl (C=O) groups excluding carboxylic acids is 2. The zero-order valence-electron chi connectivity index (χ0n) is 19.8. The molecule has 184 valence electrons. The van der Waals surface area contributed by atoms with E-state index < -0.39 is 15.9 Å². The SMILES string of the molecule is CC[C@@H](C)NC(=O)c1ccccc1NC(=O)c1ccc(N(Cc2ccccc2Cl)S(C)(=O)=O)cc1. The van der Waals surface area contributed by atoms with Gasteiger partial charge in [0, 0.05) is 16.6 Å². The van der Waals surface area contributed by atoms with Crippen LogP contribution in [0.5, 0.6) is 0 Å². The van der Waals surface area contributed by atoms with E-state index in [-0.39, 0.29) is 18.5 Å². The van der Waals surface area contributed by atoms with Gasteiger partial charge in [0.1, 0.15) is 0 Å². The molecule has 0 fully saturated rings. The van der Waals surface area contributed by atoms with E-state index in [1.54, 1.807) is 60.7 Å². The Balaban J connectivity index is 1.80. The average Bonchev–Trinajstić information content (AvgIpc) is 2.83. The molecule has 0 aliphatic carbocycles. The number of benzene rings is 3. The molecular formula is C26H28ClN3O4S. The second-order valence-corrected chi connectivity index (χ2v) is 10.5. The van der Waals surface area contributed by atoms with Crippen LogP contribution in [0.25, 0.3) is 0 Å². The lowest BCUT2D eigenvalue weighted by molar-refractivity contribution is 0.0940. The number of nitrogens with zero attached hydrogens (tertiary/aromatic N) is 1. The van der Waals surface area contributed by atoms with E-state index in [0.717, 1.165) is 12.7 Å². The van der Waals surface area contributed by atoms with Gasteiger partial charge < -0.3 is 10.6 Å². The highest BCUT2D eigenvalue weighted by molar-refractivity contribution is 7.92. The van der Waals surface area contributed by atoms with Gasteiger partial charge in [0.15, 0.2) is 0 Å². The second-order valence-electron chi connectivity index (χ2n) is 8.19. The van der Waals surface area contributed by atoms with E-state index >= 15 is 0 Å². The summed E-state index contributed by atoms with van der Waals surface area (Å²) in [6.07, 6.45) is 1.90. The van der Waals surface area contributed by atoms with Crippen molar-refractivity contribution in [2.45, 2.75) is 32.9 Å². The van der Waals surface area contributed by atoms with E-state index in [0.29, 0.717) is 33.1 Å². The standard InChI is InChI=1S/C26H28ClN3O4S/c1-4-18(2)28-26(32)22-10-6-8-12-24(22)29-25(31)19-13-15-21(16-14-19)30(35(3,33)34)17-20-9-5-7-11-23(20)27/h5-16,18H,4,17H2,1-3H3,(H,28,32)(H,29,31)/t18-/m1/s1. The molecule has 0 aromatic heterocycles. The second kappa shape index (κ2) is 11.4. The van der Waals surface area contributed by atoms with Crippen LogP contribution in [0.4, 0.5) is 11.4 Å². The summed E-state index contributed by atoms with van der Waals surface area (Å²) < 4.78 is 26.2. The third-order valence-electron chi connectivity index (χ3n) is 5.50. The number of halogens is 1. The predicted molar refractivity (Wildman–Crippen MR) is 141 cm³/mol. The Kier molecular flexibility index (Phi) is 8.53. The van der Waals surface area contributed by atoms with Gasteiger partial charge >= 0.3 is 0 Å². The minimum Gasteiger partial charge on any atom is -0.350 e. The summed E-state index contributed by atoms with van der Waals surface area (Å²) >= 11 is 6.22. The largest absolute Gasteiger partial charge is 0.350 e. The molecule has 3 aromatic carbocycles. The van der Waals surface area contributed by atoms with E-state index in [4.69, 9.17) is 11.6 Å². The number of anilines is 2. The van der Waals surface area contributed by atoms with Gasteiger partial charge in [-0.25, -0.2) is 8.42 Å². The van der Waals surface area contributed by atoms with Crippen molar-refractivity contribution in [3.05, 3.63) is 94.5 Å². The Morgan fingerprint density at radius 3 is 2.20 bits per heavy atom. The first-order valence-corrected chi connectivity index (χ1v) is 13.3. The number of para-hydroxylation sites is 1. The Labute approximate surface area is 211 Å². The van der Waals surface area contributed by atoms with Crippen molar-refractivity contribution in [3.63, 3.8) is 0 Å². The Bertz CT molecular complexity index is 1310. The summed E-state index contributed by atoms with van der Waals surface area (Å²) in [5, 5.41) is 6.14. The van der Waals surface area contributed by atoms with Gasteiger partial charge in [-0.05, 0) is 61.4 Å². The first-order valence-electron chi connectivity index (χ1n) is 11.1. The minimum absolute atomic E-state index is 0.00218. The molecule has 0 unspecified atom stereocenters. The van der Waals surface area contributed by atoms with E-state index in [1.807, 2.05) is 13.8 Å². The topological polar surface area (TPSA) is 95.6 Å². The van der Waals surface area contributed by atoms with Gasteiger partial charge in [-0.15, -0.1) is 0 Å². The zero-order valence-corrected chi connectivity index (χ0v) is 21.4. The molecule has 3 aromatic rings. The summed E-state index contributed by atoms with van der Waals surface area (Å²) in [4.78, 5) is 25.5. The number of carbonyl (C=O) groups is 2. The predicted octanol–water partition coefficient (Wildman–Crippen LogP) is 5.09. The molecule has 7 nitrogen and oxygen atoms in total. The minimum atomic E-state index is -3.61. The molecule has 0 radical (unpaired) electrons. The lowest BCUT2D eigenvalue weighted by Gasteiger charge is -2.23. The van der Waals surface area contributed by atoms with E-state index in [9.17, 15) is 18.0 Å². The first-order chi connectivity index (χ1) is 16.6. The molecule has 0 bridgehead atoms. The number of amides is 2. The summed E-state index contributed by atoms with van der Waals surface area (Å²) in [5.41, 5.74) is 2.13. The van der Waals surface area contributed by atoms with E-state index in [2.05, 4.69) is 10.6 Å². The molecule has 0 saturated heterocycles. The number of sulfonamides is 1. The van der Waals surface area contributed by atoms with Crippen molar-refractivity contribution in [1.29, 1.82) is 0 Å². The van der Waals surface area contributed by atoms with Crippen LogP contribution >= 0.6 is 11.6 Å². The van der Waals surface area contributed by atoms with Crippen LogP contribution in [0.2, 0.25) is 5.02 Å². The molecule has 0 aliphatic rings. The molecule has 0 heterocycles. The molecule has 1 atom stereocenters. The molecule has 2 amide bonds. The summed E-state index contributed by atoms with van der Waals surface area (Å²) in [6, 6.07) is 20.0. The molecular weight excluding hydrogens is 486 g/mol. The van der Waals surface area contributed by atoms with Crippen molar-refractivity contribution >= 4 is 44.8 Å². The normalized spacial score (nSPS) is 12.0. The van der Waals surface area contributed by atoms with Crippen LogP contribution in [0.1, 0.15) is 46.5 Å². The maximum Gasteiger partial charge on any atom is 0.255 e. The van der Waals surface area contributed by atoms with Gasteiger partial charge in [0.2, 0.25) is 10.0 Å². The highest BCUT2D eigenvalue weighted by atomic mass is 35.5. The van der Waals surface area contributed by atoms with Gasteiger partial charge in [-0.2, -0.15) is 0 Å². The van der Waals surface area contributed by atoms with Crippen molar-refractivity contribution in [2.24, 2.45) is 0 Å². The third-order valence-corrected chi connectivity index (χ3v) is 7.01. The summed E-state index contributed by atoms with van der Waals surface area (Å²) in [5.74, 6) is -0.689. The van der Waals surface area contributed by atoms with Crippen LogP contribution in [0.15, 0.2) is 72.8 Å².